The van der Waals surface area contributed by atoms with Gasteiger partial charge in [-0.05, 0) is 18.6 Å². The highest BCUT2D eigenvalue weighted by atomic mass is 16.3. The molecule has 0 bridgehead atoms. The number of likely N-dealkylation sites (tertiary alicyclic amines) is 1. The fourth-order valence-corrected chi connectivity index (χ4v) is 2.31. The van der Waals surface area contributed by atoms with Gasteiger partial charge < -0.3 is 5.11 Å². The average Bonchev–Trinajstić information content (AvgIpc) is 2.87. The molecule has 0 radical (unpaired) electrons. The molecule has 0 unspecified atom stereocenters. The van der Waals surface area contributed by atoms with Crippen molar-refractivity contribution in [2.75, 3.05) is 13.1 Å². The Kier molecular flexibility index (Phi) is 2.38. The number of aliphatic hydroxyl groups is 1. The number of aliphatic hydroxyl groups excluding tert-OH is 1. The number of hydrogen-bond donors (Lipinski definition) is 1. The Morgan fingerprint density at radius 2 is 2.38 bits per heavy atom. The summed E-state index contributed by atoms with van der Waals surface area (Å²) in [6.07, 6.45) is 4.61. The number of rotatable bonds is 2. The lowest BCUT2D eigenvalue weighted by Crippen LogP contribution is -2.21. The molecule has 2 aromatic rings. The normalized spacial score (nSPS) is 21.9. The molecule has 0 aromatic carbocycles. The zero-order valence-electron chi connectivity index (χ0n) is 9.08. The highest BCUT2D eigenvalue weighted by Gasteiger charge is 2.20. The first-order chi connectivity index (χ1) is 7.83. The van der Waals surface area contributed by atoms with Crippen LogP contribution in [0.15, 0.2) is 30.6 Å². The van der Waals surface area contributed by atoms with Crippen LogP contribution in [0.25, 0.3) is 5.52 Å². The summed E-state index contributed by atoms with van der Waals surface area (Å²) in [6, 6.07) is 6.08. The molecule has 4 nitrogen and oxygen atoms in total. The first-order valence-electron chi connectivity index (χ1n) is 5.64. The molecule has 0 spiro atoms. The minimum atomic E-state index is -0.151. The SMILES string of the molecule is O[C@H]1CCN(Cc2cnn3ccccc23)C1. The van der Waals surface area contributed by atoms with Crippen molar-refractivity contribution < 1.29 is 5.11 Å². The molecule has 1 N–H and O–H groups in total. The molecule has 84 valence electrons. The van der Waals surface area contributed by atoms with E-state index in [2.05, 4.69) is 16.1 Å². The molecule has 3 heterocycles. The number of aromatic nitrogens is 2. The summed E-state index contributed by atoms with van der Waals surface area (Å²) in [4.78, 5) is 2.27. The van der Waals surface area contributed by atoms with Crippen molar-refractivity contribution in [1.29, 1.82) is 0 Å². The second-order valence-corrected chi connectivity index (χ2v) is 4.38. The molecule has 0 aliphatic carbocycles. The molecule has 3 rings (SSSR count). The first-order valence-corrected chi connectivity index (χ1v) is 5.64. The van der Waals surface area contributed by atoms with Crippen LogP contribution < -0.4 is 0 Å². The Labute approximate surface area is 94.1 Å². The van der Waals surface area contributed by atoms with Crippen LogP contribution in [0.4, 0.5) is 0 Å². The second kappa shape index (κ2) is 3.88. The van der Waals surface area contributed by atoms with Gasteiger partial charge in [0.15, 0.2) is 0 Å². The molecule has 1 saturated heterocycles. The predicted molar refractivity (Wildman–Crippen MR) is 61.1 cm³/mol. The van der Waals surface area contributed by atoms with Crippen molar-refractivity contribution in [2.45, 2.75) is 19.1 Å². The Morgan fingerprint density at radius 3 is 3.19 bits per heavy atom. The molecular weight excluding hydrogens is 202 g/mol. The van der Waals surface area contributed by atoms with Crippen LogP contribution in [0.3, 0.4) is 0 Å². The fourth-order valence-electron chi connectivity index (χ4n) is 2.31. The molecule has 1 aliphatic heterocycles. The molecule has 4 heteroatoms. The summed E-state index contributed by atoms with van der Waals surface area (Å²) in [7, 11) is 0. The minimum Gasteiger partial charge on any atom is -0.392 e. The van der Waals surface area contributed by atoms with Gasteiger partial charge in [0.05, 0.1) is 17.8 Å². The van der Waals surface area contributed by atoms with E-state index in [1.165, 1.54) is 5.56 Å². The van der Waals surface area contributed by atoms with Gasteiger partial charge in [0.1, 0.15) is 0 Å². The van der Waals surface area contributed by atoms with Crippen molar-refractivity contribution in [2.24, 2.45) is 0 Å². The van der Waals surface area contributed by atoms with Crippen molar-refractivity contribution in [1.82, 2.24) is 14.5 Å². The maximum absolute atomic E-state index is 9.48. The zero-order chi connectivity index (χ0) is 11.0. The number of β-amino-alcohol motifs (C(OH)–C–C–N with tert-alkyl or cyclic N) is 1. The van der Waals surface area contributed by atoms with Crippen LogP contribution in [-0.4, -0.2) is 38.8 Å². The fraction of sp³-hybridized carbons (Fsp3) is 0.417. The van der Waals surface area contributed by atoms with E-state index in [4.69, 9.17) is 0 Å². The minimum absolute atomic E-state index is 0.151. The van der Waals surface area contributed by atoms with Gasteiger partial charge in [0.2, 0.25) is 0 Å². The monoisotopic (exact) mass is 217 g/mol. The summed E-state index contributed by atoms with van der Waals surface area (Å²) in [5, 5.41) is 13.8. The number of pyridine rings is 1. The Balaban J connectivity index is 1.84. The van der Waals surface area contributed by atoms with E-state index in [-0.39, 0.29) is 6.10 Å². The van der Waals surface area contributed by atoms with Gasteiger partial charge in [-0.25, -0.2) is 4.52 Å². The van der Waals surface area contributed by atoms with Gasteiger partial charge in [-0.2, -0.15) is 5.10 Å². The molecule has 1 atom stereocenters. The maximum atomic E-state index is 9.48. The quantitative estimate of drug-likeness (QED) is 0.812. The molecule has 0 amide bonds. The van der Waals surface area contributed by atoms with Gasteiger partial charge in [0, 0.05) is 31.4 Å². The zero-order valence-corrected chi connectivity index (χ0v) is 9.08. The second-order valence-electron chi connectivity index (χ2n) is 4.38. The van der Waals surface area contributed by atoms with Crippen molar-refractivity contribution in [3.05, 3.63) is 36.2 Å². The third-order valence-corrected chi connectivity index (χ3v) is 3.15. The average molecular weight is 217 g/mol. The van der Waals surface area contributed by atoms with Crippen LogP contribution in [0.1, 0.15) is 12.0 Å². The first kappa shape index (κ1) is 9.81. The molecular formula is C12H15N3O. The van der Waals surface area contributed by atoms with E-state index in [0.717, 1.165) is 31.6 Å². The maximum Gasteiger partial charge on any atom is 0.0706 e. The van der Waals surface area contributed by atoms with E-state index in [0.29, 0.717) is 0 Å². The summed E-state index contributed by atoms with van der Waals surface area (Å²) in [5.41, 5.74) is 2.39. The molecule has 16 heavy (non-hydrogen) atoms. The lowest BCUT2D eigenvalue weighted by atomic mass is 10.2. The molecule has 1 aliphatic rings. The van der Waals surface area contributed by atoms with E-state index < -0.39 is 0 Å². The smallest absolute Gasteiger partial charge is 0.0706 e. The van der Waals surface area contributed by atoms with Gasteiger partial charge in [-0.3, -0.25) is 4.90 Å². The standard InChI is InChI=1S/C12H15N3O/c16-11-4-6-14(9-11)8-10-7-13-15-5-2-1-3-12(10)15/h1-3,5,7,11,16H,4,6,8-9H2/t11-/m0/s1. The van der Waals surface area contributed by atoms with Crippen LogP contribution in [-0.2, 0) is 6.54 Å². The highest BCUT2D eigenvalue weighted by molar-refractivity contribution is 5.53. The van der Waals surface area contributed by atoms with Crippen LogP contribution >= 0.6 is 0 Å². The third-order valence-electron chi connectivity index (χ3n) is 3.15. The van der Waals surface area contributed by atoms with E-state index in [1.807, 2.05) is 29.0 Å². The lowest BCUT2D eigenvalue weighted by Gasteiger charge is -2.13. The Bertz CT molecular complexity index is 494. The van der Waals surface area contributed by atoms with Crippen LogP contribution in [0, 0.1) is 0 Å². The topological polar surface area (TPSA) is 40.8 Å². The largest absolute Gasteiger partial charge is 0.392 e. The van der Waals surface area contributed by atoms with E-state index in [1.54, 1.807) is 0 Å². The highest BCUT2D eigenvalue weighted by Crippen LogP contribution is 2.16. The Hall–Kier alpha value is -1.39. The number of fused-ring (bicyclic) bond motifs is 1. The van der Waals surface area contributed by atoms with Crippen molar-refractivity contribution in [3.8, 4) is 0 Å². The summed E-state index contributed by atoms with van der Waals surface area (Å²) >= 11 is 0. The Morgan fingerprint density at radius 1 is 1.44 bits per heavy atom. The van der Waals surface area contributed by atoms with Gasteiger partial charge in [-0.15, -0.1) is 0 Å². The summed E-state index contributed by atoms with van der Waals surface area (Å²) in [6.45, 7) is 2.64. The lowest BCUT2D eigenvalue weighted by molar-refractivity contribution is 0.175. The number of nitrogens with zero attached hydrogens (tertiary/aromatic N) is 3. The van der Waals surface area contributed by atoms with Crippen LogP contribution in [0.5, 0.6) is 0 Å². The van der Waals surface area contributed by atoms with Gasteiger partial charge >= 0.3 is 0 Å². The van der Waals surface area contributed by atoms with Crippen molar-refractivity contribution >= 4 is 5.52 Å². The molecule has 1 fully saturated rings. The van der Waals surface area contributed by atoms with Gasteiger partial charge in [0.25, 0.3) is 0 Å². The molecule has 0 saturated carbocycles. The molecule has 2 aromatic heterocycles. The predicted octanol–water partition coefficient (Wildman–Crippen LogP) is 0.901. The van der Waals surface area contributed by atoms with E-state index >= 15 is 0 Å². The van der Waals surface area contributed by atoms with Gasteiger partial charge in [-0.1, -0.05) is 6.07 Å². The summed E-state index contributed by atoms with van der Waals surface area (Å²) in [5.74, 6) is 0. The number of hydrogen-bond acceptors (Lipinski definition) is 3. The summed E-state index contributed by atoms with van der Waals surface area (Å²) < 4.78 is 1.89. The third kappa shape index (κ3) is 1.70. The van der Waals surface area contributed by atoms with Crippen LogP contribution in [0.2, 0.25) is 0 Å². The van der Waals surface area contributed by atoms with E-state index in [9.17, 15) is 5.11 Å². The van der Waals surface area contributed by atoms with Crippen molar-refractivity contribution in [3.63, 3.8) is 0 Å².